The predicted molar refractivity (Wildman–Crippen MR) is 38.2 cm³/mol. The number of hydrogen-bond donors (Lipinski definition) is 0. The topological polar surface area (TPSA) is 22.1 Å². The van der Waals surface area contributed by atoms with E-state index in [0.717, 1.165) is 5.19 Å². The first-order valence-corrected chi connectivity index (χ1v) is 6.02. The summed E-state index contributed by atoms with van der Waals surface area (Å²) in [6.45, 7) is 0. The molecule has 0 amide bonds. The van der Waals surface area contributed by atoms with Gasteiger partial charge in [-0.25, -0.2) is 0 Å². The number of nitrogens with zero attached hydrogens (tertiary/aromatic N) is 1. The average Bonchev–Trinajstić information content (AvgIpc) is 2.14. The number of ether oxygens (including phenoxy) is 1. The van der Waals surface area contributed by atoms with E-state index in [1.165, 1.54) is 3.71 Å². The van der Waals surface area contributed by atoms with Crippen LogP contribution in [0.3, 0.4) is 0 Å². The SMILES string of the molecule is COc1n[c]([SnH3])cs1. The van der Waals surface area contributed by atoms with E-state index in [-0.39, 0.29) is 0 Å². The van der Waals surface area contributed by atoms with Crippen molar-refractivity contribution in [3.8, 4) is 5.19 Å². The van der Waals surface area contributed by atoms with Crippen molar-refractivity contribution in [3.63, 3.8) is 0 Å². The van der Waals surface area contributed by atoms with Crippen molar-refractivity contribution in [3.05, 3.63) is 5.38 Å². The zero-order chi connectivity index (χ0) is 5.98. The molecular weight excluding hydrogens is 229 g/mol. The normalized spacial score (nSPS) is 9.62. The summed E-state index contributed by atoms with van der Waals surface area (Å²) in [6, 6.07) is 0. The number of thiazole rings is 1. The molecule has 44 valence electrons. The van der Waals surface area contributed by atoms with Gasteiger partial charge >= 0.3 is 65.0 Å². The van der Waals surface area contributed by atoms with Crippen molar-refractivity contribution in [2.24, 2.45) is 0 Å². The zero-order valence-corrected chi connectivity index (χ0v) is 11.4. The molecule has 1 rings (SSSR count). The molecule has 0 bridgehead atoms. The summed E-state index contributed by atoms with van der Waals surface area (Å²) in [6.07, 6.45) is 0. The summed E-state index contributed by atoms with van der Waals surface area (Å²) in [5.41, 5.74) is 0. The van der Waals surface area contributed by atoms with Crippen LogP contribution in [0.2, 0.25) is 0 Å². The van der Waals surface area contributed by atoms with Crippen molar-refractivity contribution in [1.82, 2.24) is 4.98 Å². The Morgan fingerprint density at radius 3 is 2.88 bits per heavy atom. The molecule has 0 aliphatic heterocycles. The molecule has 0 spiro atoms. The molecule has 0 fully saturated rings. The third kappa shape index (κ3) is 1.35. The monoisotopic (exact) mass is 237 g/mol. The first-order valence-electron chi connectivity index (χ1n) is 2.29. The molecule has 0 atom stereocenters. The molecule has 0 saturated carbocycles. The molecule has 8 heavy (non-hydrogen) atoms. The van der Waals surface area contributed by atoms with Crippen LogP contribution < -0.4 is 8.45 Å². The van der Waals surface area contributed by atoms with E-state index in [1.54, 1.807) is 18.4 Å². The Labute approximate surface area is 65.0 Å². The van der Waals surface area contributed by atoms with Crippen molar-refractivity contribution < 1.29 is 4.74 Å². The van der Waals surface area contributed by atoms with E-state index in [4.69, 9.17) is 4.74 Å². The molecule has 1 aromatic rings. The average molecular weight is 236 g/mol. The molecular formula is C4H7NOSSn. The van der Waals surface area contributed by atoms with Gasteiger partial charge in [-0.05, 0) is 0 Å². The molecule has 4 heteroatoms. The fourth-order valence-electron chi connectivity index (χ4n) is 0.426. The van der Waals surface area contributed by atoms with Crippen LogP contribution in [0.5, 0.6) is 5.19 Å². The molecule has 2 nitrogen and oxygen atoms in total. The Hall–Kier alpha value is 0.229. The Balaban J connectivity index is 2.84. The van der Waals surface area contributed by atoms with Crippen molar-refractivity contribution >= 4 is 37.6 Å². The second-order valence-corrected chi connectivity index (χ2v) is 5.20. The maximum atomic E-state index is 4.88. The van der Waals surface area contributed by atoms with Gasteiger partial charge < -0.3 is 0 Å². The van der Waals surface area contributed by atoms with Gasteiger partial charge in [0.2, 0.25) is 0 Å². The summed E-state index contributed by atoms with van der Waals surface area (Å²) in [5.74, 6) is 0. The van der Waals surface area contributed by atoms with Crippen LogP contribution in [0.4, 0.5) is 0 Å². The van der Waals surface area contributed by atoms with Crippen molar-refractivity contribution in [2.45, 2.75) is 0 Å². The van der Waals surface area contributed by atoms with Crippen LogP contribution >= 0.6 is 11.3 Å². The van der Waals surface area contributed by atoms with E-state index >= 15 is 0 Å². The van der Waals surface area contributed by atoms with Gasteiger partial charge in [0.05, 0.1) is 0 Å². The number of methoxy groups -OCH3 is 1. The molecule has 0 radical (unpaired) electrons. The molecule has 0 N–H and O–H groups in total. The molecule has 0 saturated heterocycles. The second-order valence-electron chi connectivity index (χ2n) is 1.46. The number of aromatic nitrogens is 1. The summed E-state index contributed by atoms with van der Waals surface area (Å²) in [5, 5.41) is 2.84. The van der Waals surface area contributed by atoms with Crippen LogP contribution in [0, 0.1) is 0 Å². The van der Waals surface area contributed by atoms with Gasteiger partial charge in [0.1, 0.15) is 0 Å². The number of hydrogen-bond acceptors (Lipinski definition) is 3. The van der Waals surface area contributed by atoms with E-state index < -0.39 is 0 Å². The van der Waals surface area contributed by atoms with Crippen LogP contribution in [-0.2, 0) is 0 Å². The molecule has 0 aliphatic carbocycles. The minimum absolute atomic E-state index is 0.545. The number of rotatable bonds is 1. The van der Waals surface area contributed by atoms with E-state index in [9.17, 15) is 0 Å². The maximum absolute atomic E-state index is 4.88. The third-order valence-corrected chi connectivity index (χ3v) is 4.35. The van der Waals surface area contributed by atoms with Crippen LogP contribution in [0.25, 0.3) is 0 Å². The fourth-order valence-corrected chi connectivity index (χ4v) is 3.09. The quantitative estimate of drug-likeness (QED) is 0.592. The Bertz CT molecular complexity index is 176. The van der Waals surface area contributed by atoms with Gasteiger partial charge in [0, 0.05) is 0 Å². The van der Waals surface area contributed by atoms with Crippen LogP contribution in [0.1, 0.15) is 0 Å². The molecule has 0 unspecified atom stereocenters. The summed E-state index contributed by atoms with van der Waals surface area (Å²) >= 11 is 2.11. The Morgan fingerprint density at radius 2 is 2.62 bits per heavy atom. The minimum atomic E-state index is 0.545. The first-order chi connectivity index (χ1) is 3.83. The second kappa shape index (κ2) is 2.68. The standard InChI is InChI=1S/C4H4NOS.Sn.3H/c1-6-4-5-2-3-7-4;;;;/h3H,1H3;;;;. The first kappa shape index (κ1) is 6.35. The zero-order valence-electron chi connectivity index (χ0n) is 4.84. The summed E-state index contributed by atoms with van der Waals surface area (Å²) in [7, 11) is 1.65. The van der Waals surface area contributed by atoms with Gasteiger partial charge in [-0.15, -0.1) is 0 Å². The Kier molecular flexibility index (Phi) is 2.13. The van der Waals surface area contributed by atoms with E-state index in [2.05, 4.69) is 10.4 Å². The third-order valence-electron chi connectivity index (χ3n) is 0.773. The molecule has 1 aromatic heterocycles. The van der Waals surface area contributed by atoms with Crippen molar-refractivity contribution in [2.75, 3.05) is 7.11 Å². The predicted octanol–water partition coefficient (Wildman–Crippen LogP) is -0.858. The van der Waals surface area contributed by atoms with Gasteiger partial charge in [-0.2, -0.15) is 0 Å². The van der Waals surface area contributed by atoms with Crippen LogP contribution in [-0.4, -0.2) is 34.6 Å². The Morgan fingerprint density at radius 1 is 1.88 bits per heavy atom. The summed E-state index contributed by atoms with van der Waals surface area (Å²) < 4.78 is 6.11. The van der Waals surface area contributed by atoms with E-state index in [0.29, 0.717) is 22.5 Å². The van der Waals surface area contributed by atoms with Gasteiger partial charge in [0.15, 0.2) is 0 Å². The van der Waals surface area contributed by atoms with Crippen molar-refractivity contribution in [1.29, 1.82) is 0 Å². The fraction of sp³-hybridized carbons (Fsp3) is 0.250. The molecule has 1 heterocycles. The van der Waals surface area contributed by atoms with Gasteiger partial charge in [-0.1, -0.05) is 0 Å². The van der Waals surface area contributed by atoms with Gasteiger partial charge in [0.25, 0.3) is 0 Å². The summed E-state index contributed by atoms with van der Waals surface area (Å²) in [4.78, 5) is 4.12. The van der Waals surface area contributed by atoms with E-state index in [1.807, 2.05) is 0 Å². The molecule has 0 aromatic carbocycles. The molecule has 0 aliphatic rings. The van der Waals surface area contributed by atoms with Crippen LogP contribution in [0.15, 0.2) is 5.38 Å². The van der Waals surface area contributed by atoms with Gasteiger partial charge in [-0.3, -0.25) is 0 Å².